The van der Waals surface area contributed by atoms with Gasteiger partial charge in [0.2, 0.25) is 0 Å². The van der Waals surface area contributed by atoms with Gasteiger partial charge in [-0.25, -0.2) is 4.79 Å². The topological polar surface area (TPSA) is 98.1 Å². The van der Waals surface area contributed by atoms with Gasteiger partial charge >= 0.3 is 19.2 Å². The second kappa shape index (κ2) is 10.4. The van der Waals surface area contributed by atoms with Gasteiger partial charge in [-0.3, -0.25) is 9.69 Å². The summed E-state index contributed by atoms with van der Waals surface area (Å²) in [5.41, 5.74) is -0.715. The van der Waals surface area contributed by atoms with Crippen LogP contribution in [0.3, 0.4) is 0 Å². The van der Waals surface area contributed by atoms with Gasteiger partial charge in [0.1, 0.15) is 17.3 Å². The Kier molecular flexibility index (Phi) is 8.76. The highest BCUT2D eigenvalue weighted by atomic mass is 32.1. The zero-order valence-electron chi connectivity index (χ0n) is 24.7. The number of rotatable bonds is 4. The molecule has 0 radical (unpaired) electrons. The number of anilines is 1. The maximum Gasteiger partial charge on any atom is 0.494 e. The Morgan fingerprint density at radius 1 is 1.00 bits per heavy atom. The molecule has 2 heterocycles. The van der Waals surface area contributed by atoms with Gasteiger partial charge in [0.25, 0.3) is 0 Å². The van der Waals surface area contributed by atoms with Crippen LogP contribution < -0.4 is 10.4 Å². The third-order valence-corrected chi connectivity index (χ3v) is 7.12. The van der Waals surface area contributed by atoms with E-state index in [2.05, 4.69) is 6.07 Å². The molecule has 0 aliphatic carbocycles. The minimum absolute atomic E-state index is 0. The number of nitriles is 1. The van der Waals surface area contributed by atoms with Gasteiger partial charge in [-0.05, 0) is 92.8 Å². The van der Waals surface area contributed by atoms with Crippen molar-refractivity contribution in [3.63, 3.8) is 0 Å². The van der Waals surface area contributed by atoms with Gasteiger partial charge in [0.05, 0.1) is 22.5 Å². The highest BCUT2D eigenvalue weighted by Crippen LogP contribution is 2.46. The summed E-state index contributed by atoms with van der Waals surface area (Å²) in [7, 11) is -0.673. The Hall–Kier alpha value is -2.22. The van der Waals surface area contributed by atoms with E-state index in [1.54, 1.807) is 26.8 Å². The Morgan fingerprint density at radius 3 is 2.00 bits per heavy atom. The lowest BCUT2D eigenvalue weighted by atomic mass is 9.73. The third kappa shape index (κ3) is 6.67. The van der Waals surface area contributed by atoms with Crippen LogP contribution in [0, 0.1) is 11.3 Å². The van der Waals surface area contributed by atoms with Crippen molar-refractivity contribution in [2.75, 3.05) is 11.4 Å². The van der Waals surface area contributed by atoms with Crippen LogP contribution in [0.15, 0.2) is 12.1 Å². The van der Waals surface area contributed by atoms with Crippen LogP contribution in [-0.4, -0.2) is 48.1 Å². The number of nitrogens with zero attached hydrogens (tertiary/aromatic N) is 2. The molecule has 1 saturated heterocycles. The average molecular weight is 547 g/mol. The van der Waals surface area contributed by atoms with Crippen LogP contribution in [0.1, 0.15) is 100 Å². The summed E-state index contributed by atoms with van der Waals surface area (Å²) in [5.74, 6) is -0.311. The van der Waals surface area contributed by atoms with E-state index in [1.165, 1.54) is 4.90 Å². The number of benzene rings is 1. The lowest BCUT2D eigenvalue weighted by Crippen LogP contribution is -2.41. The molecule has 3 rings (SSSR count). The van der Waals surface area contributed by atoms with Crippen LogP contribution in [0.2, 0.25) is 0 Å². The van der Waals surface area contributed by atoms with E-state index in [0.29, 0.717) is 23.1 Å². The van der Waals surface area contributed by atoms with Crippen LogP contribution in [0.25, 0.3) is 0 Å². The van der Waals surface area contributed by atoms with Gasteiger partial charge in [0.15, 0.2) is 0 Å². The molecule has 210 valence electrons. The molecule has 0 spiro atoms. The number of ether oxygens (including phenoxy) is 2. The quantitative estimate of drug-likeness (QED) is 0.383. The molecule has 0 saturated carbocycles. The van der Waals surface area contributed by atoms with E-state index in [0.717, 1.165) is 5.56 Å². The summed E-state index contributed by atoms with van der Waals surface area (Å²) >= 11 is 0. The fraction of sp³-hybridized carbons (Fsp3) is 0.679. The maximum atomic E-state index is 13.3. The fourth-order valence-corrected chi connectivity index (χ4v) is 4.58. The number of fused-ring (bicyclic) bond motifs is 1. The molecule has 1 fully saturated rings. The molecule has 0 aromatic heterocycles. The summed E-state index contributed by atoms with van der Waals surface area (Å²) < 4.78 is 23.7. The SMILES string of the molecule is CC(C)(C)OC(=O)CC[C@@]1(C)CN(C(=O)OC(C)(C)C)c2c(C#N)cc(B3OC(C)(C)C(C)(C)O3)cc21.S. The maximum absolute atomic E-state index is 13.3. The van der Waals surface area contributed by atoms with E-state index < -0.39 is 41.0 Å². The van der Waals surface area contributed by atoms with Crippen molar-refractivity contribution in [3.05, 3.63) is 23.3 Å². The van der Waals surface area contributed by atoms with E-state index in [-0.39, 0.29) is 32.4 Å². The van der Waals surface area contributed by atoms with Gasteiger partial charge in [-0.2, -0.15) is 18.8 Å². The zero-order valence-corrected chi connectivity index (χ0v) is 25.7. The number of carbonyl (C=O) groups excluding carboxylic acids is 2. The van der Waals surface area contributed by atoms with Crippen LogP contribution in [0.4, 0.5) is 10.5 Å². The minimum Gasteiger partial charge on any atom is -0.460 e. The molecular formula is C28H43BN2O6S. The third-order valence-electron chi connectivity index (χ3n) is 7.12. The van der Waals surface area contributed by atoms with Gasteiger partial charge in [-0.1, -0.05) is 13.0 Å². The standard InChI is InChI=1S/C28H41BN2O6.H2S/c1-24(2,3)34-21(32)12-13-28(11)17-31(23(33)35-25(4,5)6)22-18(16-30)14-19(15-20(22)28)29-36-26(7,8)27(9,10)37-29;/h14-15H,12-13,17H2,1-11H3;1H2/t28-;/m0./s1. The van der Waals surface area contributed by atoms with E-state index in [1.807, 2.05) is 61.5 Å². The van der Waals surface area contributed by atoms with Crippen molar-refractivity contribution in [2.45, 2.75) is 117 Å². The predicted octanol–water partition coefficient (Wildman–Crippen LogP) is 5.10. The molecule has 1 atom stereocenters. The summed E-state index contributed by atoms with van der Waals surface area (Å²) in [5, 5.41) is 10.1. The zero-order chi connectivity index (χ0) is 28.2. The Morgan fingerprint density at radius 2 is 1.53 bits per heavy atom. The summed E-state index contributed by atoms with van der Waals surface area (Å²) in [6.07, 6.45) is 0.0544. The molecule has 38 heavy (non-hydrogen) atoms. The monoisotopic (exact) mass is 546 g/mol. The van der Waals surface area contributed by atoms with Crippen molar-refractivity contribution >= 4 is 43.8 Å². The average Bonchev–Trinajstić information content (AvgIpc) is 3.13. The lowest BCUT2D eigenvalue weighted by Gasteiger charge is -2.32. The molecular weight excluding hydrogens is 503 g/mol. The second-order valence-corrected chi connectivity index (χ2v) is 13.4. The van der Waals surface area contributed by atoms with Gasteiger partial charge in [-0.15, -0.1) is 0 Å². The molecule has 10 heteroatoms. The highest BCUT2D eigenvalue weighted by molar-refractivity contribution is 7.59. The van der Waals surface area contributed by atoms with Gasteiger partial charge < -0.3 is 18.8 Å². The normalized spacial score (nSPS) is 21.8. The van der Waals surface area contributed by atoms with E-state index in [4.69, 9.17) is 18.8 Å². The van der Waals surface area contributed by atoms with E-state index in [9.17, 15) is 14.9 Å². The number of esters is 1. The molecule has 0 unspecified atom stereocenters. The van der Waals surface area contributed by atoms with Crippen LogP contribution in [-0.2, 0) is 29.0 Å². The number of carbonyl (C=O) groups is 2. The lowest BCUT2D eigenvalue weighted by molar-refractivity contribution is -0.155. The van der Waals surface area contributed by atoms with Crippen molar-refractivity contribution < 1.29 is 28.4 Å². The first kappa shape index (κ1) is 32.0. The van der Waals surface area contributed by atoms with Crippen molar-refractivity contribution in [1.82, 2.24) is 0 Å². The van der Waals surface area contributed by atoms with Crippen LogP contribution in [0.5, 0.6) is 0 Å². The van der Waals surface area contributed by atoms with Crippen LogP contribution >= 0.6 is 13.5 Å². The summed E-state index contributed by atoms with van der Waals surface area (Å²) in [6, 6.07) is 5.92. The second-order valence-electron chi connectivity index (χ2n) is 13.4. The molecule has 1 amide bonds. The van der Waals surface area contributed by atoms with Crippen molar-refractivity contribution in [3.8, 4) is 6.07 Å². The first-order chi connectivity index (χ1) is 16.7. The number of hydrogen-bond donors (Lipinski definition) is 0. The molecule has 8 nitrogen and oxygen atoms in total. The number of amides is 1. The smallest absolute Gasteiger partial charge is 0.460 e. The first-order valence-corrected chi connectivity index (χ1v) is 12.8. The molecule has 0 bridgehead atoms. The predicted molar refractivity (Wildman–Crippen MR) is 153 cm³/mol. The molecule has 1 aromatic rings. The Balaban J connectivity index is 0.00000507. The molecule has 1 aromatic carbocycles. The van der Waals surface area contributed by atoms with Crippen molar-refractivity contribution in [1.29, 1.82) is 5.26 Å². The minimum atomic E-state index is -0.706. The highest BCUT2D eigenvalue weighted by Gasteiger charge is 2.53. The molecule has 0 N–H and O–H groups in total. The Labute approximate surface area is 234 Å². The molecule has 2 aliphatic heterocycles. The molecule has 2 aliphatic rings. The van der Waals surface area contributed by atoms with Gasteiger partial charge in [0, 0.05) is 18.4 Å². The van der Waals surface area contributed by atoms with E-state index >= 15 is 0 Å². The Bertz CT molecular complexity index is 1120. The summed E-state index contributed by atoms with van der Waals surface area (Å²) in [4.78, 5) is 27.4. The van der Waals surface area contributed by atoms with Crippen molar-refractivity contribution in [2.24, 2.45) is 0 Å². The largest absolute Gasteiger partial charge is 0.494 e. The first-order valence-electron chi connectivity index (χ1n) is 12.8. The fourth-order valence-electron chi connectivity index (χ4n) is 4.58. The number of hydrogen-bond acceptors (Lipinski definition) is 7. The summed E-state index contributed by atoms with van der Waals surface area (Å²) in [6.45, 7) is 21.1.